The van der Waals surface area contributed by atoms with E-state index in [0.717, 1.165) is 10.9 Å². The van der Waals surface area contributed by atoms with Crippen molar-refractivity contribution in [2.45, 2.75) is 6.92 Å². The molecule has 0 unspecified atom stereocenters. The number of nitrogens with zero attached hydrogens (tertiary/aromatic N) is 2. The SMILES string of the molecule is CNc1nc(-c2ccc(C)cc2F)nc2cc(Cl)ccc12. The van der Waals surface area contributed by atoms with E-state index in [1.165, 1.54) is 6.07 Å². The summed E-state index contributed by atoms with van der Waals surface area (Å²) in [5.74, 6) is 0.650. The van der Waals surface area contributed by atoms with Crippen LogP contribution >= 0.6 is 11.6 Å². The molecule has 3 rings (SSSR count). The van der Waals surface area contributed by atoms with E-state index in [1.807, 2.05) is 19.1 Å². The van der Waals surface area contributed by atoms with Gasteiger partial charge < -0.3 is 5.32 Å². The van der Waals surface area contributed by atoms with E-state index >= 15 is 0 Å². The first-order valence-corrected chi connectivity index (χ1v) is 6.88. The topological polar surface area (TPSA) is 37.8 Å². The zero-order chi connectivity index (χ0) is 15.0. The Morgan fingerprint density at radius 2 is 1.90 bits per heavy atom. The summed E-state index contributed by atoms with van der Waals surface area (Å²) in [4.78, 5) is 8.83. The molecule has 0 spiro atoms. The molecule has 0 aliphatic heterocycles. The lowest BCUT2D eigenvalue weighted by Crippen LogP contribution is -2.00. The Hall–Kier alpha value is -2.20. The van der Waals surface area contributed by atoms with E-state index in [4.69, 9.17) is 11.6 Å². The van der Waals surface area contributed by atoms with Gasteiger partial charge in [0.25, 0.3) is 0 Å². The van der Waals surface area contributed by atoms with Crippen LogP contribution in [0.15, 0.2) is 36.4 Å². The quantitative estimate of drug-likeness (QED) is 0.760. The normalized spacial score (nSPS) is 10.9. The van der Waals surface area contributed by atoms with Crippen molar-refractivity contribution in [3.05, 3.63) is 52.8 Å². The molecule has 0 amide bonds. The van der Waals surface area contributed by atoms with Crippen LogP contribution in [0, 0.1) is 12.7 Å². The van der Waals surface area contributed by atoms with Crippen LogP contribution in [-0.4, -0.2) is 17.0 Å². The molecule has 0 bridgehead atoms. The molecular weight excluding hydrogens is 289 g/mol. The lowest BCUT2D eigenvalue weighted by Gasteiger charge is -2.09. The Morgan fingerprint density at radius 3 is 2.62 bits per heavy atom. The standard InChI is InChI=1S/C16H13ClFN3/c1-9-3-5-11(13(18)7-9)16-20-14-8-10(17)4-6-12(14)15(19-2)21-16/h3-8H,1-2H3,(H,19,20,21). The van der Waals surface area contributed by atoms with Crippen molar-refractivity contribution >= 4 is 28.3 Å². The van der Waals surface area contributed by atoms with E-state index in [-0.39, 0.29) is 5.82 Å². The summed E-state index contributed by atoms with van der Waals surface area (Å²) in [6.45, 7) is 1.84. The highest BCUT2D eigenvalue weighted by Crippen LogP contribution is 2.28. The van der Waals surface area contributed by atoms with Crippen molar-refractivity contribution < 1.29 is 4.39 Å². The fourth-order valence-corrected chi connectivity index (χ4v) is 2.38. The number of hydrogen-bond acceptors (Lipinski definition) is 3. The maximum Gasteiger partial charge on any atom is 0.165 e. The molecule has 0 saturated heterocycles. The number of nitrogens with one attached hydrogen (secondary N) is 1. The Balaban J connectivity index is 2.27. The fraction of sp³-hybridized carbons (Fsp3) is 0.125. The molecule has 0 aliphatic carbocycles. The summed E-state index contributed by atoms with van der Waals surface area (Å²) in [5.41, 5.74) is 1.91. The predicted octanol–water partition coefficient (Wildman–Crippen LogP) is 4.44. The van der Waals surface area contributed by atoms with Gasteiger partial charge in [0.2, 0.25) is 0 Å². The summed E-state index contributed by atoms with van der Waals surface area (Å²) in [5, 5.41) is 4.44. The predicted molar refractivity (Wildman–Crippen MR) is 84.2 cm³/mol. The van der Waals surface area contributed by atoms with Crippen molar-refractivity contribution in [3.8, 4) is 11.4 Å². The summed E-state index contributed by atoms with van der Waals surface area (Å²) in [7, 11) is 1.77. The van der Waals surface area contributed by atoms with Gasteiger partial charge in [0, 0.05) is 17.5 Å². The van der Waals surface area contributed by atoms with Crippen LogP contribution in [0.2, 0.25) is 5.02 Å². The van der Waals surface area contributed by atoms with Gasteiger partial charge in [0.05, 0.1) is 11.1 Å². The first-order chi connectivity index (χ1) is 10.1. The number of rotatable bonds is 2. The fourth-order valence-electron chi connectivity index (χ4n) is 2.22. The number of hydrogen-bond donors (Lipinski definition) is 1. The van der Waals surface area contributed by atoms with Crippen LogP contribution < -0.4 is 5.32 Å². The lowest BCUT2D eigenvalue weighted by molar-refractivity contribution is 0.629. The van der Waals surface area contributed by atoms with E-state index in [0.29, 0.717) is 27.7 Å². The highest BCUT2D eigenvalue weighted by Gasteiger charge is 2.12. The highest BCUT2D eigenvalue weighted by molar-refractivity contribution is 6.31. The maximum absolute atomic E-state index is 14.1. The summed E-state index contributed by atoms with van der Waals surface area (Å²) in [6, 6.07) is 10.4. The van der Waals surface area contributed by atoms with Crippen LogP contribution in [0.1, 0.15) is 5.56 Å². The molecule has 0 fully saturated rings. The van der Waals surface area contributed by atoms with Gasteiger partial charge in [0.15, 0.2) is 5.82 Å². The number of aryl methyl sites for hydroxylation is 1. The van der Waals surface area contributed by atoms with Gasteiger partial charge in [-0.2, -0.15) is 0 Å². The summed E-state index contributed by atoms with van der Waals surface area (Å²) in [6.07, 6.45) is 0. The lowest BCUT2D eigenvalue weighted by atomic mass is 10.1. The van der Waals surface area contributed by atoms with E-state index in [1.54, 1.807) is 25.2 Å². The van der Waals surface area contributed by atoms with E-state index in [9.17, 15) is 4.39 Å². The van der Waals surface area contributed by atoms with Crippen molar-refractivity contribution in [2.75, 3.05) is 12.4 Å². The van der Waals surface area contributed by atoms with Gasteiger partial charge in [-0.3, -0.25) is 0 Å². The van der Waals surface area contributed by atoms with E-state index < -0.39 is 0 Å². The Kier molecular flexibility index (Phi) is 3.47. The molecule has 2 aromatic carbocycles. The average Bonchev–Trinajstić information content (AvgIpc) is 2.45. The Labute approximate surface area is 126 Å². The second-order valence-corrected chi connectivity index (χ2v) is 5.23. The van der Waals surface area contributed by atoms with Gasteiger partial charge in [-0.1, -0.05) is 17.7 Å². The van der Waals surface area contributed by atoms with Gasteiger partial charge >= 0.3 is 0 Å². The molecular formula is C16H13ClFN3. The zero-order valence-electron chi connectivity index (χ0n) is 11.6. The van der Waals surface area contributed by atoms with Gasteiger partial charge in [-0.05, 0) is 42.8 Å². The van der Waals surface area contributed by atoms with E-state index in [2.05, 4.69) is 15.3 Å². The first-order valence-electron chi connectivity index (χ1n) is 6.50. The van der Waals surface area contributed by atoms with Gasteiger partial charge in [-0.25, -0.2) is 14.4 Å². The van der Waals surface area contributed by atoms with Crippen LogP contribution in [0.25, 0.3) is 22.3 Å². The molecule has 3 aromatic rings. The van der Waals surface area contributed by atoms with Crippen molar-refractivity contribution in [3.63, 3.8) is 0 Å². The number of anilines is 1. The average molecular weight is 302 g/mol. The molecule has 0 aliphatic rings. The maximum atomic E-state index is 14.1. The molecule has 21 heavy (non-hydrogen) atoms. The minimum Gasteiger partial charge on any atom is -0.373 e. The van der Waals surface area contributed by atoms with Crippen LogP contribution in [-0.2, 0) is 0 Å². The third-order valence-electron chi connectivity index (χ3n) is 3.26. The highest BCUT2D eigenvalue weighted by atomic mass is 35.5. The molecule has 1 aromatic heterocycles. The third kappa shape index (κ3) is 2.54. The second-order valence-electron chi connectivity index (χ2n) is 4.79. The van der Waals surface area contributed by atoms with Crippen LogP contribution in [0.3, 0.4) is 0 Å². The molecule has 1 heterocycles. The van der Waals surface area contributed by atoms with Crippen LogP contribution in [0.5, 0.6) is 0 Å². The first kappa shape index (κ1) is 13.8. The minimum atomic E-state index is -0.335. The molecule has 0 radical (unpaired) electrons. The number of benzene rings is 2. The Morgan fingerprint density at radius 1 is 1.10 bits per heavy atom. The molecule has 1 N–H and O–H groups in total. The molecule has 3 nitrogen and oxygen atoms in total. The van der Waals surface area contributed by atoms with Crippen molar-refractivity contribution in [1.82, 2.24) is 9.97 Å². The zero-order valence-corrected chi connectivity index (χ0v) is 12.4. The monoisotopic (exact) mass is 301 g/mol. The molecule has 106 valence electrons. The van der Waals surface area contributed by atoms with Gasteiger partial charge in [-0.15, -0.1) is 0 Å². The third-order valence-corrected chi connectivity index (χ3v) is 3.50. The Bertz CT molecular complexity index is 833. The molecule has 0 atom stereocenters. The smallest absolute Gasteiger partial charge is 0.165 e. The van der Waals surface area contributed by atoms with Crippen molar-refractivity contribution in [1.29, 1.82) is 0 Å². The van der Waals surface area contributed by atoms with Crippen LogP contribution in [0.4, 0.5) is 10.2 Å². The minimum absolute atomic E-state index is 0.335. The molecule has 5 heteroatoms. The summed E-state index contributed by atoms with van der Waals surface area (Å²) < 4.78 is 14.1. The second kappa shape index (κ2) is 5.30. The van der Waals surface area contributed by atoms with Gasteiger partial charge in [0.1, 0.15) is 11.6 Å². The van der Waals surface area contributed by atoms with Crippen molar-refractivity contribution in [2.24, 2.45) is 0 Å². The molecule has 0 saturated carbocycles. The largest absolute Gasteiger partial charge is 0.373 e. The number of aromatic nitrogens is 2. The summed E-state index contributed by atoms with van der Waals surface area (Å²) >= 11 is 6.01. The number of halogens is 2. The number of fused-ring (bicyclic) bond motifs is 1.